The lowest BCUT2D eigenvalue weighted by Crippen LogP contribution is -2.29. The minimum atomic E-state index is -0.579. The lowest BCUT2D eigenvalue weighted by Gasteiger charge is -2.28. The molecule has 1 aliphatic rings. The number of benzene rings is 1. The highest BCUT2D eigenvalue weighted by atomic mass is 16.5. The van der Waals surface area contributed by atoms with Gasteiger partial charge in [0, 0.05) is 17.3 Å². The number of esters is 1. The van der Waals surface area contributed by atoms with Crippen LogP contribution in [0.5, 0.6) is 11.5 Å². The second-order valence-corrected chi connectivity index (χ2v) is 5.11. The summed E-state index contributed by atoms with van der Waals surface area (Å²) in [6.45, 7) is 1.77. The first-order valence-corrected chi connectivity index (χ1v) is 7.16. The molecule has 1 aromatic heterocycles. The summed E-state index contributed by atoms with van der Waals surface area (Å²) in [6, 6.07) is 4.76. The Hall–Kier alpha value is -3.10. The third-order valence-corrected chi connectivity index (χ3v) is 3.85. The molecule has 0 saturated carbocycles. The Balaban J connectivity index is 2.22. The van der Waals surface area contributed by atoms with Gasteiger partial charge in [0.2, 0.25) is 5.95 Å². The van der Waals surface area contributed by atoms with E-state index in [9.17, 15) is 4.79 Å². The maximum Gasteiger partial charge on any atom is 0.338 e. The largest absolute Gasteiger partial charge is 0.497 e. The molecular weight excluding hydrogens is 314 g/mol. The van der Waals surface area contributed by atoms with Gasteiger partial charge in [-0.15, -0.1) is 0 Å². The Morgan fingerprint density at radius 1 is 1.25 bits per heavy atom. The summed E-state index contributed by atoms with van der Waals surface area (Å²) in [4.78, 5) is 12.3. The molecule has 9 heteroatoms. The Kier molecular flexibility index (Phi) is 4.07. The molecule has 1 aliphatic heterocycles. The van der Waals surface area contributed by atoms with Crippen LogP contribution in [0.1, 0.15) is 18.5 Å². The fourth-order valence-corrected chi connectivity index (χ4v) is 2.72. The summed E-state index contributed by atoms with van der Waals surface area (Å²) in [5.41, 5.74) is 1.74. The zero-order chi connectivity index (χ0) is 17.3. The number of methoxy groups -OCH3 is 3. The van der Waals surface area contributed by atoms with Gasteiger partial charge in [-0.2, -0.15) is 4.68 Å². The van der Waals surface area contributed by atoms with Crippen molar-refractivity contribution < 1.29 is 19.0 Å². The molecule has 0 radical (unpaired) electrons. The van der Waals surface area contributed by atoms with Gasteiger partial charge in [-0.3, -0.25) is 0 Å². The van der Waals surface area contributed by atoms with E-state index in [0.717, 1.165) is 0 Å². The molecule has 1 N–H and O–H groups in total. The molecule has 0 amide bonds. The van der Waals surface area contributed by atoms with E-state index in [0.29, 0.717) is 34.3 Å². The van der Waals surface area contributed by atoms with Crippen molar-refractivity contribution in [2.75, 3.05) is 26.6 Å². The SMILES string of the molecule is COC(=O)C1=C(C)Nc2nnnn2[C@H]1c1ccc(OC)cc1OC. The summed E-state index contributed by atoms with van der Waals surface area (Å²) < 4.78 is 17.2. The maximum atomic E-state index is 12.3. The number of nitrogens with zero attached hydrogens (tertiary/aromatic N) is 4. The molecule has 9 nitrogen and oxygen atoms in total. The molecule has 126 valence electrons. The number of ether oxygens (including phenoxy) is 3. The number of hydrogen-bond donors (Lipinski definition) is 1. The average molecular weight is 331 g/mol. The fraction of sp³-hybridized carbons (Fsp3) is 0.333. The highest BCUT2D eigenvalue weighted by Crippen LogP contribution is 2.40. The molecule has 24 heavy (non-hydrogen) atoms. The van der Waals surface area contributed by atoms with Crippen molar-refractivity contribution in [2.24, 2.45) is 0 Å². The number of aromatic nitrogens is 4. The van der Waals surface area contributed by atoms with E-state index in [2.05, 4.69) is 20.8 Å². The van der Waals surface area contributed by atoms with E-state index in [1.807, 2.05) is 6.07 Å². The summed E-state index contributed by atoms with van der Waals surface area (Å²) in [7, 11) is 4.45. The minimum absolute atomic E-state index is 0.403. The first-order valence-electron chi connectivity index (χ1n) is 7.16. The van der Waals surface area contributed by atoms with E-state index >= 15 is 0 Å². The number of fused-ring (bicyclic) bond motifs is 1. The van der Waals surface area contributed by atoms with E-state index in [1.54, 1.807) is 33.3 Å². The van der Waals surface area contributed by atoms with E-state index in [-0.39, 0.29) is 0 Å². The smallest absolute Gasteiger partial charge is 0.338 e. The van der Waals surface area contributed by atoms with Crippen LogP contribution in [0.2, 0.25) is 0 Å². The Labute approximate surface area is 138 Å². The van der Waals surface area contributed by atoms with Crippen molar-refractivity contribution >= 4 is 11.9 Å². The van der Waals surface area contributed by atoms with Crippen LogP contribution < -0.4 is 14.8 Å². The van der Waals surface area contributed by atoms with Crippen LogP contribution in [0.4, 0.5) is 5.95 Å². The molecule has 0 aliphatic carbocycles. The van der Waals surface area contributed by atoms with Crippen molar-refractivity contribution in [2.45, 2.75) is 13.0 Å². The van der Waals surface area contributed by atoms with Crippen molar-refractivity contribution in [3.05, 3.63) is 35.0 Å². The second-order valence-electron chi connectivity index (χ2n) is 5.11. The average Bonchev–Trinajstić information content (AvgIpc) is 3.07. The van der Waals surface area contributed by atoms with Crippen LogP contribution in [0.25, 0.3) is 0 Å². The molecule has 2 heterocycles. The minimum Gasteiger partial charge on any atom is -0.497 e. The van der Waals surface area contributed by atoms with Crippen LogP contribution in [0.15, 0.2) is 29.5 Å². The van der Waals surface area contributed by atoms with Crippen molar-refractivity contribution in [3.8, 4) is 11.5 Å². The van der Waals surface area contributed by atoms with Crippen LogP contribution in [0, 0.1) is 0 Å². The number of rotatable bonds is 4. The van der Waals surface area contributed by atoms with Crippen LogP contribution in [-0.4, -0.2) is 47.5 Å². The lowest BCUT2D eigenvalue weighted by molar-refractivity contribution is -0.136. The van der Waals surface area contributed by atoms with Crippen molar-refractivity contribution in [3.63, 3.8) is 0 Å². The van der Waals surface area contributed by atoms with Crippen LogP contribution in [0.3, 0.4) is 0 Å². The van der Waals surface area contributed by atoms with Crippen LogP contribution in [-0.2, 0) is 9.53 Å². The number of carbonyl (C=O) groups is 1. The van der Waals surface area contributed by atoms with E-state index in [1.165, 1.54) is 11.8 Å². The lowest BCUT2D eigenvalue weighted by atomic mass is 9.95. The third-order valence-electron chi connectivity index (χ3n) is 3.85. The van der Waals surface area contributed by atoms with Crippen LogP contribution >= 0.6 is 0 Å². The Bertz CT molecular complexity index is 814. The third kappa shape index (κ3) is 2.43. The maximum absolute atomic E-state index is 12.3. The number of nitrogens with one attached hydrogen (secondary N) is 1. The molecule has 0 saturated heterocycles. The fourth-order valence-electron chi connectivity index (χ4n) is 2.72. The molecule has 1 atom stereocenters. The zero-order valence-corrected chi connectivity index (χ0v) is 13.7. The van der Waals surface area contributed by atoms with Gasteiger partial charge in [0.05, 0.1) is 26.9 Å². The van der Waals surface area contributed by atoms with Gasteiger partial charge in [-0.05, 0) is 29.5 Å². The highest BCUT2D eigenvalue weighted by molar-refractivity contribution is 5.92. The molecule has 0 bridgehead atoms. The quantitative estimate of drug-likeness (QED) is 0.833. The molecule has 0 spiro atoms. The van der Waals surface area contributed by atoms with E-state index in [4.69, 9.17) is 14.2 Å². The first kappa shape index (κ1) is 15.8. The Morgan fingerprint density at radius 2 is 2.04 bits per heavy atom. The summed E-state index contributed by atoms with van der Waals surface area (Å²) in [5.74, 6) is 1.16. The predicted molar refractivity (Wildman–Crippen MR) is 83.8 cm³/mol. The molecule has 3 rings (SSSR count). The monoisotopic (exact) mass is 331 g/mol. The van der Waals surface area contributed by atoms with Gasteiger partial charge in [0.25, 0.3) is 0 Å². The Morgan fingerprint density at radius 3 is 2.71 bits per heavy atom. The molecule has 1 aromatic carbocycles. The number of tetrazole rings is 1. The highest BCUT2D eigenvalue weighted by Gasteiger charge is 2.36. The zero-order valence-electron chi connectivity index (χ0n) is 13.7. The number of anilines is 1. The molecule has 0 fully saturated rings. The topological polar surface area (TPSA) is 100 Å². The van der Waals surface area contributed by atoms with Gasteiger partial charge in [-0.1, -0.05) is 5.10 Å². The first-order chi connectivity index (χ1) is 11.6. The number of carbonyl (C=O) groups excluding carboxylic acids is 1. The van der Waals surface area contributed by atoms with E-state index < -0.39 is 12.0 Å². The molecular formula is C15H17N5O4. The summed E-state index contributed by atoms with van der Waals surface area (Å²) >= 11 is 0. The van der Waals surface area contributed by atoms with Crippen molar-refractivity contribution in [1.29, 1.82) is 0 Å². The van der Waals surface area contributed by atoms with Gasteiger partial charge < -0.3 is 19.5 Å². The number of allylic oxidation sites excluding steroid dienone is 1. The van der Waals surface area contributed by atoms with Gasteiger partial charge >= 0.3 is 5.97 Å². The van der Waals surface area contributed by atoms with Gasteiger partial charge in [0.1, 0.15) is 17.5 Å². The van der Waals surface area contributed by atoms with Crippen molar-refractivity contribution in [1.82, 2.24) is 20.2 Å². The molecule has 2 aromatic rings. The normalized spacial score (nSPS) is 16.2. The van der Waals surface area contributed by atoms with Gasteiger partial charge in [0.15, 0.2) is 0 Å². The summed E-state index contributed by atoms with van der Waals surface area (Å²) in [5, 5.41) is 14.6. The number of hydrogen-bond acceptors (Lipinski definition) is 8. The molecule has 0 unspecified atom stereocenters. The van der Waals surface area contributed by atoms with Gasteiger partial charge in [-0.25, -0.2) is 4.79 Å². The predicted octanol–water partition coefficient (Wildman–Crippen LogP) is 1.15. The standard InChI is InChI=1S/C15H17N5O4/c1-8-12(14(21)24-4)13(20-15(16-8)17-18-19-20)10-6-5-9(22-2)7-11(10)23-3/h5-7,13H,1-4H3,(H,16,17,19)/t13-/m0/s1. The summed E-state index contributed by atoms with van der Waals surface area (Å²) in [6.07, 6.45) is 0. The second kappa shape index (κ2) is 6.19.